The third-order valence-corrected chi connectivity index (χ3v) is 8.01. The quantitative estimate of drug-likeness (QED) is 0.335. The Labute approximate surface area is 243 Å². The molecule has 0 spiro atoms. The van der Waals surface area contributed by atoms with Crippen molar-refractivity contribution in [1.82, 2.24) is 10.2 Å². The molecule has 2 amide bonds. The maximum Gasteiger partial charge on any atom is 0.264 e. The summed E-state index contributed by atoms with van der Waals surface area (Å²) in [4.78, 5) is 28.6. The van der Waals surface area contributed by atoms with E-state index in [1.165, 1.54) is 17.0 Å². The van der Waals surface area contributed by atoms with Gasteiger partial charge in [0.05, 0.1) is 24.3 Å². The van der Waals surface area contributed by atoms with E-state index in [0.29, 0.717) is 23.8 Å². The van der Waals surface area contributed by atoms with Gasteiger partial charge in [-0.3, -0.25) is 13.9 Å². The van der Waals surface area contributed by atoms with Gasteiger partial charge in [-0.05, 0) is 88.7 Å². The van der Waals surface area contributed by atoms with E-state index in [1.807, 2.05) is 27.7 Å². The average molecular weight is 582 g/mol. The molecule has 0 bridgehead atoms. The molecule has 10 heteroatoms. The van der Waals surface area contributed by atoms with Crippen LogP contribution in [-0.2, 0) is 26.2 Å². The van der Waals surface area contributed by atoms with Gasteiger partial charge >= 0.3 is 0 Å². The Morgan fingerprint density at radius 2 is 1.49 bits per heavy atom. The molecule has 0 saturated heterocycles. The fourth-order valence-electron chi connectivity index (χ4n) is 4.11. The molecule has 220 valence electrons. The monoisotopic (exact) mass is 581 g/mol. The largest absolute Gasteiger partial charge is 0.497 e. The van der Waals surface area contributed by atoms with Crippen molar-refractivity contribution in [1.29, 1.82) is 0 Å². The van der Waals surface area contributed by atoms with E-state index in [1.54, 1.807) is 80.8 Å². The van der Waals surface area contributed by atoms with E-state index in [9.17, 15) is 18.0 Å². The first-order valence-corrected chi connectivity index (χ1v) is 14.8. The van der Waals surface area contributed by atoms with Crippen LogP contribution < -0.4 is 19.1 Å². The Morgan fingerprint density at radius 1 is 0.902 bits per heavy atom. The van der Waals surface area contributed by atoms with E-state index in [-0.39, 0.29) is 17.3 Å². The smallest absolute Gasteiger partial charge is 0.264 e. The molecule has 1 N–H and O–H groups in total. The summed E-state index contributed by atoms with van der Waals surface area (Å²) in [7, 11) is -2.57. The molecule has 3 rings (SSSR count). The van der Waals surface area contributed by atoms with Crippen molar-refractivity contribution in [2.75, 3.05) is 24.6 Å². The molecule has 3 aromatic carbocycles. The van der Waals surface area contributed by atoms with Crippen molar-refractivity contribution >= 4 is 27.5 Å². The summed E-state index contributed by atoms with van der Waals surface area (Å²) in [6, 6.07) is 20.7. The van der Waals surface area contributed by atoms with Crippen molar-refractivity contribution in [2.24, 2.45) is 0 Å². The zero-order chi connectivity index (χ0) is 30.2. The van der Waals surface area contributed by atoms with Crippen LogP contribution in [0, 0.1) is 0 Å². The molecule has 0 saturated carbocycles. The van der Waals surface area contributed by atoms with Crippen LogP contribution in [0.15, 0.2) is 83.8 Å². The average Bonchev–Trinajstić information content (AvgIpc) is 2.94. The van der Waals surface area contributed by atoms with Crippen LogP contribution in [0.25, 0.3) is 0 Å². The standard InChI is InChI=1S/C31H39N3O6S/c1-7-40-27-19-15-25(16-20-27)34(41(37,38)28-11-9-8-10-12-28)22-29(35)33(23(2)30(36)32-31(3,4)5)21-24-13-17-26(39-6)18-14-24/h8-20,23H,7,21-22H2,1-6H3,(H,32,36). The molecule has 1 atom stereocenters. The highest BCUT2D eigenvalue weighted by Gasteiger charge is 2.33. The van der Waals surface area contributed by atoms with Crippen LogP contribution in [0.1, 0.15) is 40.2 Å². The van der Waals surface area contributed by atoms with Crippen LogP contribution in [0.3, 0.4) is 0 Å². The normalized spacial score (nSPS) is 12.2. The van der Waals surface area contributed by atoms with Gasteiger partial charge in [-0.2, -0.15) is 0 Å². The van der Waals surface area contributed by atoms with E-state index in [2.05, 4.69) is 5.32 Å². The van der Waals surface area contributed by atoms with E-state index < -0.39 is 34.1 Å². The summed E-state index contributed by atoms with van der Waals surface area (Å²) in [6.45, 7) is 9.08. The van der Waals surface area contributed by atoms with Gasteiger partial charge in [-0.15, -0.1) is 0 Å². The summed E-state index contributed by atoms with van der Waals surface area (Å²) in [5, 5.41) is 2.92. The lowest BCUT2D eigenvalue weighted by Gasteiger charge is -2.33. The molecule has 0 aliphatic heterocycles. The first kappa shape index (κ1) is 31.5. The summed E-state index contributed by atoms with van der Waals surface area (Å²) in [6.07, 6.45) is 0. The van der Waals surface area contributed by atoms with Gasteiger partial charge in [0.25, 0.3) is 10.0 Å². The molecule has 0 aliphatic carbocycles. The fraction of sp³-hybridized carbons (Fsp3) is 0.355. The first-order chi connectivity index (χ1) is 19.4. The number of anilines is 1. The lowest BCUT2D eigenvalue weighted by atomic mass is 10.1. The van der Waals surface area contributed by atoms with E-state index >= 15 is 0 Å². The highest BCUT2D eigenvalue weighted by molar-refractivity contribution is 7.92. The van der Waals surface area contributed by atoms with Crippen molar-refractivity contribution in [3.63, 3.8) is 0 Å². The molecule has 3 aromatic rings. The Morgan fingerprint density at radius 3 is 2.02 bits per heavy atom. The Bertz CT molecular complexity index is 1400. The number of hydrogen-bond donors (Lipinski definition) is 1. The van der Waals surface area contributed by atoms with Crippen LogP contribution in [0.4, 0.5) is 5.69 Å². The predicted molar refractivity (Wildman–Crippen MR) is 159 cm³/mol. The fourth-order valence-corrected chi connectivity index (χ4v) is 5.54. The predicted octanol–water partition coefficient (Wildman–Crippen LogP) is 4.62. The van der Waals surface area contributed by atoms with Crippen LogP contribution in [0.5, 0.6) is 11.5 Å². The number of sulfonamides is 1. The molecule has 0 heterocycles. The zero-order valence-corrected chi connectivity index (χ0v) is 25.3. The van der Waals surface area contributed by atoms with Gasteiger partial charge in [0.2, 0.25) is 11.8 Å². The number of carbonyl (C=O) groups excluding carboxylic acids is 2. The molecule has 0 radical (unpaired) electrons. The van der Waals surface area contributed by atoms with Crippen LogP contribution in [0.2, 0.25) is 0 Å². The molecule has 41 heavy (non-hydrogen) atoms. The molecule has 0 aliphatic rings. The number of nitrogens with zero attached hydrogens (tertiary/aromatic N) is 2. The molecule has 1 unspecified atom stereocenters. The maximum absolute atomic E-state index is 14.0. The van der Waals surface area contributed by atoms with Gasteiger partial charge in [-0.25, -0.2) is 8.42 Å². The zero-order valence-electron chi connectivity index (χ0n) is 24.5. The SMILES string of the molecule is CCOc1ccc(N(CC(=O)N(Cc2ccc(OC)cc2)C(C)C(=O)NC(C)(C)C)S(=O)(=O)c2ccccc2)cc1. The minimum atomic E-state index is -4.14. The third-order valence-electron chi connectivity index (χ3n) is 6.22. The summed E-state index contributed by atoms with van der Waals surface area (Å²) in [5.74, 6) is 0.345. The van der Waals surface area contributed by atoms with Crippen molar-refractivity contribution in [3.8, 4) is 11.5 Å². The molecule has 0 fully saturated rings. The molecule has 0 aromatic heterocycles. The minimum Gasteiger partial charge on any atom is -0.497 e. The number of amides is 2. The van der Waals surface area contributed by atoms with E-state index in [0.717, 1.165) is 9.87 Å². The maximum atomic E-state index is 14.0. The lowest BCUT2D eigenvalue weighted by molar-refractivity contribution is -0.140. The molecular weight excluding hydrogens is 542 g/mol. The number of ether oxygens (including phenoxy) is 2. The number of rotatable bonds is 12. The second-order valence-corrected chi connectivity index (χ2v) is 12.4. The summed E-state index contributed by atoms with van der Waals surface area (Å²) < 4.78 is 39.5. The van der Waals surface area contributed by atoms with Crippen LogP contribution >= 0.6 is 0 Å². The highest BCUT2D eigenvalue weighted by atomic mass is 32.2. The topological polar surface area (TPSA) is 105 Å². The molecule has 9 nitrogen and oxygen atoms in total. The molecular formula is C31H39N3O6S. The van der Waals surface area contributed by atoms with Crippen molar-refractivity contribution < 1.29 is 27.5 Å². The third kappa shape index (κ3) is 8.47. The Hall–Kier alpha value is -4.05. The van der Waals surface area contributed by atoms with E-state index in [4.69, 9.17) is 9.47 Å². The van der Waals surface area contributed by atoms with Crippen molar-refractivity contribution in [3.05, 3.63) is 84.4 Å². The second kappa shape index (κ2) is 13.5. The van der Waals surface area contributed by atoms with Gasteiger partial charge in [0, 0.05) is 12.1 Å². The van der Waals surface area contributed by atoms with Crippen molar-refractivity contribution in [2.45, 2.75) is 57.6 Å². The Kier molecular flexibility index (Phi) is 10.4. The number of nitrogens with one attached hydrogen (secondary N) is 1. The number of hydrogen-bond acceptors (Lipinski definition) is 6. The van der Waals surface area contributed by atoms with Gasteiger partial charge < -0.3 is 19.7 Å². The first-order valence-electron chi connectivity index (χ1n) is 13.4. The number of carbonyl (C=O) groups is 2. The van der Waals surface area contributed by atoms with Gasteiger partial charge in [0.1, 0.15) is 24.1 Å². The highest BCUT2D eigenvalue weighted by Crippen LogP contribution is 2.27. The minimum absolute atomic E-state index is 0.0434. The second-order valence-electron chi connectivity index (χ2n) is 10.5. The Balaban J connectivity index is 2.02. The summed E-state index contributed by atoms with van der Waals surface area (Å²) >= 11 is 0. The number of benzene rings is 3. The van der Waals surface area contributed by atoms with Gasteiger partial charge in [-0.1, -0.05) is 30.3 Å². The number of methoxy groups -OCH3 is 1. The van der Waals surface area contributed by atoms with Crippen LogP contribution in [-0.4, -0.2) is 57.0 Å². The lowest BCUT2D eigenvalue weighted by Crippen LogP contribution is -2.54. The summed E-state index contributed by atoms with van der Waals surface area (Å²) in [5.41, 5.74) is 0.528. The van der Waals surface area contributed by atoms with Gasteiger partial charge in [0.15, 0.2) is 0 Å².